The minimum absolute atomic E-state index is 0.200. The van der Waals surface area contributed by atoms with Crippen molar-refractivity contribution in [2.45, 2.75) is 20.3 Å². The molecule has 0 N–H and O–H groups in total. The second-order valence-electron chi connectivity index (χ2n) is 5.14. The van der Waals surface area contributed by atoms with Gasteiger partial charge in [-0.2, -0.15) is 0 Å². The first-order valence-corrected chi connectivity index (χ1v) is 6.99. The molecule has 1 aromatic carbocycles. The van der Waals surface area contributed by atoms with Crippen molar-refractivity contribution in [3.8, 4) is 5.75 Å². The number of methoxy groups -OCH3 is 1. The molecule has 0 aromatic heterocycles. The van der Waals surface area contributed by atoms with Crippen LogP contribution in [0.25, 0.3) is 6.08 Å². The number of hydrogen-bond donors (Lipinski definition) is 0. The smallest absolute Gasteiger partial charge is 0.289 e. The van der Waals surface area contributed by atoms with Crippen LogP contribution in [0.5, 0.6) is 5.75 Å². The van der Waals surface area contributed by atoms with Crippen molar-refractivity contribution in [3.05, 3.63) is 46.8 Å². The average Bonchev–Trinajstić information content (AvgIpc) is 2.50. The van der Waals surface area contributed by atoms with E-state index in [4.69, 9.17) is 4.74 Å². The quantitative estimate of drug-likeness (QED) is 0.807. The number of rotatable bonds is 3. The monoisotopic (exact) mass is 303 g/mol. The SMILES string of the molecule is COc1cc(/C=C(\F)C(=O)N2CCC=CC2=O)cc(C)c1C. The number of halogens is 1. The van der Waals surface area contributed by atoms with Gasteiger partial charge in [-0.05, 0) is 55.2 Å². The standard InChI is InChI=1S/C17H18FNO3/c1-11-8-13(10-15(22-3)12(11)2)9-14(18)17(21)19-7-5-4-6-16(19)20/h4,6,8-10H,5,7H2,1-3H3/b14-9-. The van der Waals surface area contributed by atoms with E-state index in [1.54, 1.807) is 18.2 Å². The predicted molar refractivity (Wildman–Crippen MR) is 82.0 cm³/mol. The third kappa shape index (κ3) is 3.24. The van der Waals surface area contributed by atoms with Gasteiger partial charge in [0.25, 0.3) is 11.8 Å². The van der Waals surface area contributed by atoms with Crippen LogP contribution < -0.4 is 4.74 Å². The van der Waals surface area contributed by atoms with Gasteiger partial charge in [-0.3, -0.25) is 14.5 Å². The van der Waals surface area contributed by atoms with Crippen LogP contribution in [-0.2, 0) is 9.59 Å². The number of carbonyl (C=O) groups is 2. The summed E-state index contributed by atoms with van der Waals surface area (Å²) in [6.07, 6.45) is 4.63. The molecule has 0 aliphatic carbocycles. The number of nitrogens with zero attached hydrogens (tertiary/aromatic N) is 1. The van der Waals surface area contributed by atoms with Crippen molar-refractivity contribution in [2.24, 2.45) is 0 Å². The van der Waals surface area contributed by atoms with Crippen LogP contribution >= 0.6 is 0 Å². The van der Waals surface area contributed by atoms with E-state index in [-0.39, 0.29) is 6.54 Å². The van der Waals surface area contributed by atoms with E-state index in [9.17, 15) is 14.0 Å². The Morgan fingerprint density at radius 2 is 2.09 bits per heavy atom. The highest BCUT2D eigenvalue weighted by Gasteiger charge is 2.24. The van der Waals surface area contributed by atoms with Crippen molar-refractivity contribution in [3.63, 3.8) is 0 Å². The van der Waals surface area contributed by atoms with E-state index in [0.29, 0.717) is 17.7 Å². The predicted octanol–water partition coefficient (Wildman–Crippen LogP) is 2.94. The molecule has 116 valence electrons. The highest BCUT2D eigenvalue weighted by molar-refractivity contribution is 6.08. The molecule has 4 nitrogen and oxygen atoms in total. The summed E-state index contributed by atoms with van der Waals surface area (Å²) in [6.45, 7) is 3.99. The Morgan fingerprint density at radius 3 is 2.73 bits per heavy atom. The number of hydrogen-bond acceptors (Lipinski definition) is 3. The highest BCUT2D eigenvalue weighted by atomic mass is 19.1. The summed E-state index contributed by atoms with van der Waals surface area (Å²) >= 11 is 0. The second-order valence-corrected chi connectivity index (χ2v) is 5.14. The zero-order valence-corrected chi connectivity index (χ0v) is 12.9. The number of ether oxygens (including phenoxy) is 1. The van der Waals surface area contributed by atoms with Crippen LogP contribution in [0.4, 0.5) is 4.39 Å². The molecule has 5 heteroatoms. The molecule has 2 amide bonds. The zero-order chi connectivity index (χ0) is 16.3. The van der Waals surface area contributed by atoms with Crippen LogP contribution in [0.3, 0.4) is 0 Å². The Kier molecular flexibility index (Phi) is 4.75. The van der Waals surface area contributed by atoms with Crippen LogP contribution in [0.15, 0.2) is 30.1 Å². The molecule has 0 spiro atoms. The van der Waals surface area contributed by atoms with Gasteiger partial charge in [0.2, 0.25) is 0 Å². The van der Waals surface area contributed by atoms with Gasteiger partial charge in [0.15, 0.2) is 5.83 Å². The van der Waals surface area contributed by atoms with Crippen molar-refractivity contribution in [1.29, 1.82) is 0 Å². The fraction of sp³-hybridized carbons (Fsp3) is 0.294. The Labute approximate surface area is 128 Å². The van der Waals surface area contributed by atoms with Gasteiger partial charge < -0.3 is 4.74 Å². The lowest BCUT2D eigenvalue weighted by Gasteiger charge is -2.20. The van der Waals surface area contributed by atoms with E-state index < -0.39 is 17.6 Å². The molecule has 1 aromatic rings. The van der Waals surface area contributed by atoms with Gasteiger partial charge >= 0.3 is 0 Å². The normalized spacial score (nSPS) is 15.2. The van der Waals surface area contributed by atoms with Crippen LogP contribution in [-0.4, -0.2) is 30.4 Å². The summed E-state index contributed by atoms with van der Waals surface area (Å²) in [5.74, 6) is -1.73. The molecule has 0 unspecified atom stereocenters. The fourth-order valence-corrected chi connectivity index (χ4v) is 2.28. The molecule has 0 radical (unpaired) electrons. The van der Waals surface area contributed by atoms with Gasteiger partial charge in [0.1, 0.15) is 5.75 Å². The number of benzene rings is 1. The molecule has 0 atom stereocenters. The lowest BCUT2D eigenvalue weighted by molar-refractivity contribution is -0.140. The van der Waals surface area contributed by atoms with Gasteiger partial charge in [0.05, 0.1) is 7.11 Å². The molecular formula is C17H18FNO3. The third-order valence-electron chi connectivity index (χ3n) is 3.65. The Hall–Kier alpha value is -2.43. The zero-order valence-electron chi connectivity index (χ0n) is 12.9. The average molecular weight is 303 g/mol. The number of amides is 2. The van der Waals surface area contributed by atoms with Crippen molar-refractivity contribution >= 4 is 17.9 Å². The van der Waals surface area contributed by atoms with Crippen LogP contribution in [0.2, 0.25) is 0 Å². The molecule has 1 heterocycles. The van der Waals surface area contributed by atoms with E-state index >= 15 is 0 Å². The molecular weight excluding hydrogens is 285 g/mol. The van der Waals surface area contributed by atoms with E-state index in [2.05, 4.69) is 0 Å². The summed E-state index contributed by atoms with van der Waals surface area (Å²) in [5, 5.41) is 0. The summed E-state index contributed by atoms with van der Waals surface area (Å²) in [5.41, 5.74) is 2.41. The summed E-state index contributed by atoms with van der Waals surface area (Å²) in [4.78, 5) is 24.5. The topological polar surface area (TPSA) is 46.6 Å². The molecule has 2 rings (SSSR count). The summed E-state index contributed by atoms with van der Waals surface area (Å²) < 4.78 is 19.4. The Bertz CT molecular complexity index is 677. The molecule has 1 aliphatic rings. The Balaban J connectivity index is 2.29. The fourth-order valence-electron chi connectivity index (χ4n) is 2.28. The van der Waals surface area contributed by atoms with Crippen LogP contribution in [0.1, 0.15) is 23.1 Å². The first-order valence-electron chi connectivity index (χ1n) is 6.99. The van der Waals surface area contributed by atoms with Gasteiger partial charge in [0, 0.05) is 6.54 Å². The lowest BCUT2D eigenvalue weighted by atomic mass is 10.0. The van der Waals surface area contributed by atoms with Gasteiger partial charge in [-0.25, -0.2) is 4.39 Å². The lowest BCUT2D eigenvalue weighted by Crippen LogP contribution is -2.38. The van der Waals surface area contributed by atoms with Crippen molar-refractivity contribution in [2.75, 3.05) is 13.7 Å². The Morgan fingerprint density at radius 1 is 1.36 bits per heavy atom. The number of aryl methyl sites for hydroxylation is 1. The second kappa shape index (κ2) is 6.56. The van der Waals surface area contributed by atoms with E-state index in [1.165, 1.54) is 13.2 Å². The molecule has 22 heavy (non-hydrogen) atoms. The molecule has 0 fully saturated rings. The van der Waals surface area contributed by atoms with Crippen molar-refractivity contribution in [1.82, 2.24) is 4.90 Å². The maximum Gasteiger partial charge on any atom is 0.289 e. The summed E-state index contributed by atoms with van der Waals surface area (Å²) in [7, 11) is 1.54. The number of imide groups is 1. The minimum Gasteiger partial charge on any atom is -0.496 e. The maximum atomic E-state index is 14.2. The van der Waals surface area contributed by atoms with Gasteiger partial charge in [-0.15, -0.1) is 0 Å². The number of carbonyl (C=O) groups excluding carboxylic acids is 2. The third-order valence-corrected chi connectivity index (χ3v) is 3.65. The van der Waals surface area contributed by atoms with Gasteiger partial charge in [-0.1, -0.05) is 12.1 Å². The first kappa shape index (κ1) is 15.9. The molecule has 0 saturated carbocycles. The van der Waals surface area contributed by atoms with E-state index in [1.807, 2.05) is 13.8 Å². The minimum atomic E-state index is -0.964. The first-order chi connectivity index (χ1) is 10.4. The maximum absolute atomic E-state index is 14.2. The molecule has 0 bridgehead atoms. The largest absolute Gasteiger partial charge is 0.496 e. The molecule has 1 aliphatic heterocycles. The summed E-state index contributed by atoms with van der Waals surface area (Å²) in [6, 6.07) is 3.43. The van der Waals surface area contributed by atoms with Crippen molar-refractivity contribution < 1.29 is 18.7 Å². The highest BCUT2D eigenvalue weighted by Crippen LogP contribution is 2.25. The molecule has 0 saturated heterocycles. The van der Waals surface area contributed by atoms with E-state index in [0.717, 1.165) is 22.1 Å². The van der Waals surface area contributed by atoms with Crippen LogP contribution in [0, 0.1) is 13.8 Å².